The molecule has 0 aliphatic carbocycles. The minimum Gasteiger partial charge on any atom is -0.369 e. The Kier molecular flexibility index (Phi) is 3.90. The number of aromatic nitrogens is 2. The highest BCUT2D eigenvalue weighted by Crippen LogP contribution is 2.22. The second-order valence-corrected chi connectivity index (χ2v) is 3.85. The number of nitrogens with one attached hydrogen (secondary N) is 2. The Labute approximate surface area is 101 Å². The van der Waals surface area contributed by atoms with E-state index < -0.39 is 0 Å². The SMILES string of the molecule is CNCc1cnc(C(OC)c2ccccc2)[nH]1. The Balaban J connectivity index is 2.23. The fourth-order valence-corrected chi connectivity index (χ4v) is 1.82. The van der Waals surface area contributed by atoms with E-state index in [4.69, 9.17) is 4.74 Å². The average Bonchev–Trinajstić information content (AvgIpc) is 2.81. The van der Waals surface area contributed by atoms with Gasteiger partial charge in [-0.15, -0.1) is 0 Å². The molecule has 4 nitrogen and oxygen atoms in total. The molecule has 2 aromatic rings. The van der Waals surface area contributed by atoms with Crippen LogP contribution in [0.5, 0.6) is 0 Å². The largest absolute Gasteiger partial charge is 0.369 e. The molecule has 1 unspecified atom stereocenters. The van der Waals surface area contributed by atoms with Gasteiger partial charge in [0.2, 0.25) is 0 Å². The van der Waals surface area contributed by atoms with Crippen molar-refractivity contribution in [3.63, 3.8) is 0 Å². The van der Waals surface area contributed by atoms with Gasteiger partial charge >= 0.3 is 0 Å². The summed E-state index contributed by atoms with van der Waals surface area (Å²) in [6.07, 6.45) is 1.70. The van der Waals surface area contributed by atoms with Gasteiger partial charge in [0.1, 0.15) is 11.9 Å². The highest BCUT2D eigenvalue weighted by atomic mass is 16.5. The quantitative estimate of drug-likeness (QED) is 0.826. The number of hydrogen-bond acceptors (Lipinski definition) is 3. The van der Waals surface area contributed by atoms with Crippen LogP contribution in [0.2, 0.25) is 0 Å². The second-order valence-electron chi connectivity index (χ2n) is 3.85. The summed E-state index contributed by atoms with van der Waals surface area (Å²) in [4.78, 5) is 7.63. The van der Waals surface area contributed by atoms with E-state index in [1.165, 1.54) is 0 Å². The number of H-pyrrole nitrogens is 1. The number of methoxy groups -OCH3 is 1. The lowest BCUT2D eigenvalue weighted by Crippen LogP contribution is -2.07. The number of ether oxygens (including phenoxy) is 1. The van der Waals surface area contributed by atoms with Crippen molar-refractivity contribution in [1.82, 2.24) is 15.3 Å². The van der Waals surface area contributed by atoms with Crippen molar-refractivity contribution < 1.29 is 4.74 Å². The molecule has 4 heteroatoms. The Morgan fingerprint density at radius 2 is 2.12 bits per heavy atom. The molecule has 0 radical (unpaired) electrons. The van der Waals surface area contributed by atoms with E-state index in [2.05, 4.69) is 15.3 Å². The van der Waals surface area contributed by atoms with Gasteiger partial charge in [0.25, 0.3) is 0 Å². The van der Waals surface area contributed by atoms with Gasteiger partial charge in [-0.05, 0) is 12.6 Å². The summed E-state index contributed by atoms with van der Waals surface area (Å²) in [5, 5.41) is 3.08. The smallest absolute Gasteiger partial charge is 0.140 e. The van der Waals surface area contributed by atoms with Gasteiger partial charge in [0.15, 0.2) is 0 Å². The van der Waals surface area contributed by atoms with Gasteiger partial charge in [-0.2, -0.15) is 0 Å². The first-order valence-electron chi connectivity index (χ1n) is 5.61. The summed E-state index contributed by atoms with van der Waals surface area (Å²) in [7, 11) is 3.60. The van der Waals surface area contributed by atoms with Crippen LogP contribution < -0.4 is 5.32 Å². The normalized spacial score (nSPS) is 12.6. The third-order valence-electron chi connectivity index (χ3n) is 2.60. The lowest BCUT2D eigenvalue weighted by Gasteiger charge is -2.12. The second kappa shape index (κ2) is 5.61. The van der Waals surface area contributed by atoms with Crippen molar-refractivity contribution in [2.24, 2.45) is 0 Å². The van der Waals surface area contributed by atoms with Gasteiger partial charge in [-0.1, -0.05) is 30.3 Å². The molecule has 90 valence electrons. The third kappa shape index (κ3) is 2.72. The zero-order valence-corrected chi connectivity index (χ0v) is 10.1. The maximum absolute atomic E-state index is 5.50. The van der Waals surface area contributed by atoms with E-state index in [0.29, 0.717) is 0 Å². The number of rotatable bonds is 5. The molecule has 0 bridgehead atoms. The first-order valence-corrected chi connectivity index (χ1v) is 5.61. The van der Waals surface area contributed by atoms with E-state index in [0.717, 1.165) is 23.6 Å². The van der Waals surface area contributed by atoms with Crippen molar-refractivity contribution in [2.75, 3.05) is 14.2 Å². The molecule has 2 N–H and O–H groups in total. The van der Waals surface area contributed by atoms with Crippen LogP contribution in [0.3, 0.4) is 0 Å². The van der Waals surface area contributed by atoms with Crippen molar-refractivity contribution in [3.8, 4) is 0 Å². The summed E-state index contributed by atoms with van der Waals surface area (Å²) in [5.74, 6) is 0.837. The van der Waals surface area contributed by atoms with Crippen LogP contribution in [-0.2, 0) is 11.3 Å². The molecule has 1 aromatic heterocycles. The molecule has 0 saturated heterocycles. The van der Waals surface area contributed by atoms with Crippen LogP contribution in [0.4, 0.5) is 0 Å². The topological polar surface area (TPSA) is 49.9 Å². The van der Waals surface area contributed by atoms with Crippen LogP contribution in [-0.4, -0.2) is 24.1 Å². The molecule has 0 spiro atoms. The fourth-order valence-electron chi connectivity index (χ4n) is 1.82. The van der Waals surface area contributed by atoms with E-state index in [9.17, 15) is 0 Å². The van der Waals surface area contributed by atoms with Crippen molar-refractivity contribution in [1.29, 1.82) is 0 Å². The molecule has 2 rings (SSSR count). The van der Waals surface area contributed by atoms with E-state index in [1.807, 2.05) is 43.6 Å². The zero-order valence-electron chi connectivity index (χ0n) is 10.1. The molecule has 0 amide bonds. The van der Waals surface area contributed by atoms with Crippen LogP contribution in [0, 0.1) is 0 Å². The predicted molar refractivity (Wildman–Crippen MR) is 66.6 cm³/mol. The summed E-state index contributed by atoms with van der Waals surface area (Å²) in [6, 6.07) is 10.1. The van der Waals surface area contributed by atoms with Crippen LogP contribution in [0.25, 0.3) is 0 Å². The van der Waals surface area contributed by atoms with Crippen LogP contribution in [0.1, 0.15) is 23.2 Å². The van der Waals surface area contributed by atoms with Gasteiger partial charge in [-0.25, -0.2) is 4.98 Å². The molecule has 1 aromatic carbocycles. The lowest BCUT2D eigenvalue weighted by molar-refractivity contribution is 0.129. The highest BCUT2D eigenvalue weighted by Gasteiger charge is 2.16. The number of nitrogens with zero attached hydrogens (tertiary/aromatic N) is 1. The van der Waals surface area contributed by atoms with Gasteiger partial charge in [0.05, 0.1) is 0 Å². The first-order chi connectivity index (χ1) is 8.35. The molecule has 1 heterocycles. The van der Waals surface area contributed by atoms with Crippen molar-refractivity contribution >= 4 is 0 Å². The molecule has 0 aliphatic rings. The molecule has 0 saturated carbocycles. The molecular weight excluding hydrogens is 214 g/mol. The maximum atomic E-state index is 5.50. The number of imidazole rings is 1. The molecular formula is C13H17N3O. The van der Waals surface area contributed by atoms with Crippen molar-refractivity contribution in [3.05, 3.63) is 53.6 Å². The van der Waals surface area contributed by atoms with Crippen molar-refractivity contribution in [2.45, 2.75) is 12.6 Å². The number of aromatic amines is 1. The minimum absolute atomic E-state index is 0.137. The Bertz CT molecular complexity index is 453. The van der Waals surface area contributed by atoms with Gasteiger partial charge in [0, 0.05) is 25.5 Å². The zero-order chi connectivity index (χ0) is 12.1. The summed E-state index contributed by atoms with van der Waals surface area (Å²) < 4.78 is 5.50. The van der Waals surface area contributed by atoms with Gasteiger partial charge in [-0.3, -0.25) is 0 Å². The highest BCUT2D eigenvalue weighted by molar-refractivity contribution is 5.23. The van der Waals surface area contributed by atoms with E-state index in [-0.39, 0.29) is 6.10 Å². The average molecular weight is 231 g/mol. The Morgan fingerprint density at radius 1 is 1.35 bits per heavy atom. The summed E-state index contributed by atoms with van der Waals surface area (Å²) in [6.45, 7) is 0.776. The monoisotopic (exact) mass is 231 g/mol. The maximum Gasteiger partial charge on any atom is 0.140 e. The predicted octanol–water partition coefficient (Wildman–Crippen LogP) is 1.86. The fraction of sp³-hybridized carbons (Fsp3) is 0.308. The minimum atomic E-state index is -0.137. The summed E-state index contributed by atoms with van der Waals surface area (Å²) in [5.41, 5.74) is 2.15. The Hall–Kier alpha value is -1.65. The molecule has 17 heavy (non-hydrogen) atoms. The number of hydrogen-bond donors (Lipinski definition) is 2. The van der Waals surface area contributed by atoms with E-state index in [1.54, 1.807) is 7.11 Å². The standard InChI is InChI=1S/C13H17N3O/c1-14-8-11-9-15-13(16-11)12(17-2)10-6-4-3-5-7-10/h3-7,9,12,14H,8H2,1-2H3,(H,15,16). The Morgan fingerprint density at radius 3 is 2.76 bits per heavy atom. The molecule has 0 aliphatic heterocycles. The number of benzene rings is 1. The molecule has 0 fully saturated rings. The van der Waals surface area contributed by atoms with Crippen LogP contribution >= 0.6 is 0 Å². The van der Waals surface area contributed by atoms with E-state index >= 15 is 0 Å². The first kappa shape index (κ1) is 11.8. The lowest BCUT2D eigenvalue weighted by atomic mass is 10.1. The summed E-state index contributed by atoms with van der Waals surface area (Å²) >= 11 is 0. The van der Waals surface area contributed by atoms with Gasteiger partial charge < -0.3 is 15.0 Å². The molecule has 1 atom stereocenters. The van der Waals surface area contributed by atoms with Crippen LogP contribution in [0.15, 0.2) is 36.5 Å². The third-order valence-corrected chi connectivity index (χ3v) is 2.60.